The zero-order valence-corrected chi connectivity index (χ0v) is 18.1. The first-order valence-corrected chi connectivity index (χ1v) is 12.2. The second kappa shape index (κ2) is 9.37. The van der Waals surface area contributed by atoms with Gasteiger partial charge in [-0.05, 0) is 36.2 Å². The molecule has 0 saturated heterocycles. The van der Waals surface area contributed by atoms with Crippen molar-refractivity contribution in [2.45, 2.75) is 38.7 Å². The van der Waals surface area contributed by atoms with Crippen LogP contribution in [0.15, 0.2) is 48.5 Å². The number of carbonyl (C=O) groups is 1. The number of sulfonamides is 1. The average molecular weight is 433 g/mol. The molecular weight excluding hydrogens is 408 g/mol. The molecule has 3 aromatic rings. The molecule has 1 heterocycles. The van der Waals surface area contributed by atoms with E-state index in [0.29, 0.717) is 18.8 Å². The van der Waals surface area contributed by atoms with E-state index in [4.69, 9.17) is 4.74 Å². The van der Waals surface area contributed by atoms with Crippen LogP contribution < -0.4 is 9.46 Å². The highest BCUT2D eigenvalue weighted by Crippen LogP contribution is 2.27. The van der Waals surface area contributed by atoms with Crippen LogP contribution in [0.1, 0.15) is 42.7 Å². The van der Waals surface area contributed by atoms with Crippen molar-refractivity contribution in [1.29, 1.82) is 0 Å². The highest BCUT2D eigenvalue weighted by Gasteiger charge is 2.23. The Bertz CT molecular complexity index is 1060. The SMILES string of the molecule is CCCCC(C(=O)NS(C)(=O)=O)c1cccc(OCc2nc3ccccc3s2)c1. The minimum Gasteiger partial charge on any atom is -0.486 e. The molecule has 0 aliphatic heterocycles. The summed E-state index contributed by atoms with van der Waals surface area (Å²) in [6, 6.07) is 15.2. The number of carbonyl (C=O) groups excluding carboxylic acids is 1. The normalized spacial score (nSPS) is 12.6. The van der Waals surface area contributed by atoms with Gasteiger partial charge < -0.3 is 4.74 Å². The minimum atomic E-state index is -3.61. The lowest BCUT2D eigenvalue weighted by Gasteiger charge is -2.17. The first-order valence-electron chi connectivity index (χ1n) is 9.44. The summed E-state index contributed by atoms with van der Waals surface area (Å²) in [6.07, 6.45) is 3.29. The molecule has 0 spiro atoms. The summed E-state index contributed by atoms with van der Waals surface area (Å²) < 4.78 is 32.1. The van der Waals surface area contributed by atoms with Crippen molar-refractivity contribution >= 4 is 37.5 Å². The highest BCUT2D eigenvalue weighted by atomic mass is 32.2. The molecule has 1 aromatic heterocycles. The largest absolute Gasteiger partial charge is 0.486 e. The van der Waals surface area contributed by atoms with Crippen molar-refractivity contribution in [2.75, 3.05) is 6.26 Å². The number of aromatic nitrogens is 1. The zero-order chi connectivity index (χ0) is 20.9. The van der Waals surface area contributed by atoms with E-state index in [2.05, 4.69) is 9.71 Å². The van der Waals surface area contributed by atoms with Crippen molar-refractivity contribution < 1.29 is 17.9 Å². The molecule has 0 aliphatic carbocycles. The van der Waals surface area contributed by atoms with Gasteiger partial charge in [-0.3, -0.25) is 9.52 Å². The molecule has 2 aromatic carbocycles. The molecular formula is C21H24N2O4S2. The molecule has 0 bridgehead atoms. The lowest BCUT2D eigenvalue weighted by molar-refractivity contribution is -0.120. The third-order valence-electron chi connectivity index (χ3n) is 4.41. The van der Waals surface area contributed by atoms with Gasteiger partial charge in [0.2, 0.25) is 15.9 Å². The van der Waals surface area contributed by atoms with E-state index >= 15 is 0 Å². The molecule has 1 amide bonds. The van der Waals surface area contributed by atoms with Crippen LogP contribution in [-0.2, 0) is 21.4 Å². The van der Waals surface area contributed by atoms with Crippen LogP contribution in [0.3, 0.4) is 0 Å². The fraction of sp³-hybridized carbons (Fsp3) is 0.333. The maximum Gasteiger partial charge on any atom is 0.240 e. The first-order chi connectivity index (χ1) is 13.9. The summed E-state index contributed by atoms with van der Waals surface area (Å²) in [4.78, 5) is 17.1. The maximum atomic E-state index is 12.5. The number of amides is 1. The Morgan fingerprint density at radius 1 is 1.21 bits per heavy atom. The lowest BCUT2D eigenvalue weighted by atomic mass is 9.93. The Kier molecular flexibility index (Phi) is 6.87. The molecule has 0 fully saturated rings. The fourth-order valence-electron chi connectivity index (χ4n) is 3.06. The van der Waals surface area contributed by atoms with Gasteiger partial charge in [-0.25, -0.2) is 13.4 Å². The summed E-state index contributed by atoms with van der Waals surface area (Å²) in [5, 5.41) is 0.869. The van der Waals surface area contributed by atoms with Gasteiger partial charge in [0.25, 0.3) is 0 Å². The van der Waals surface area contributed by atoms with Crippen molar-refractivity contribution in [1.82, 2.24) is 9.71 Å². The number of rotatable bonds is 9. The summed E-state index contributed by atoms with van der Waals surface area (Å²) >= 11 is 1.58. The monoisotopic (exact) mass is 432 g/mol. The molecule has 154 valence electrons. The average Bonchev–Trinajstić information content (AvgIpc) is 3.09. The third kappa shape index (κ3) is 6.01. The molecule has 29 heavy (non-hydrogen) atoms. The van der Waals surface area contributed by atoms with Crippen molar-refractivity contribution in [3.05, 3.63) is 59.1 Å². The number of hydrogen-bond acceptors (Lipinski definition) is 6. The van der Waals surface area contributed by atoms with Crippen LogP contribution in [0.25, 0.3) is 10.2 Å². The number of nitrogens with one attached hydrogen (secondary N) is 1. The second-order valence-electron chi connectivity index (χ2n) is 6.87. The number of thiazole rings is 1. The fourth-order valence-corrected chi connectivity index (χ4v) is 4.45. The Labute approximate surface area is 175 Å². The summed E-state index contributed by atoms with van der Waals surface area (Å²) in [7, 11) is -3.61. The van der Waals surface area contributed by atoms with E-state index in [-0.39, 0.29) is 0 Å². The predicted octanol–water partition coefficient (Wildman–Crippen LogP) is 4.22. The topological polar surface area (TPSA) is 85.4 Å². The van der Waals surface area contributed by atoms with Crippen LogP contribution >= 0.6 is 11.3 Å². The Balaban J connectivity index is 1.75. The highest BCUT2D eigenvalue weighted by molar-refractivity contribution is 7.89. The summed E-state index contributed by atoms with van der Waals surface area (Å²) in [5.74, 6) is -0.435. The van der Waals surface area contributed by atoms with Crippen LogP contribution in [0.2, 0.25) is 0 Å². The number of ether oxygens (including phenoxy) is 1. The quantitative estimate of drug-likeness (QED) is 0.547. The van der Waals surface area contributed by atoms with Crippen molar-refractivity contribution in [2.24, 2.45) is 0 Å². The second-order valence-corrected chi connectivity index (χ2v) is 9.73. The summed E-state index contributed by atoms with van der Waals surface area (Å²) in [5.41, 5.74) is 1.68. The van der Waals surface area contributed by atoms with Gasteiger partial charge in [-0.2, -0.15) is 0 Å². The zero-order valence-electron chi connectivity index (χ0n) is 16.4. The standard InChI is InChI=1S/C21H24N2O4S2/c1-3-4-10-17(21(24)23-29(2,25)26)15-8-7-9-16(13-15)27-14-20-22-18-11-5-6-12-19(18)28-20/h5-9,11-13,17H,3-4,10,14H2,1-2H3,(H,23,24). The van der Waals surface area contributed by atoms with Gasteiger partial charge in [-0.1, -0.05) is 44.0 Å². The van der Waals surface area contributed by atoms with Gasteiger partial charge in [-0.15, -0.1) is 11.3 Å². The Morgan fingerprint density at radius 2 is 2.00 bits per heavy atom. The van der Waals surface area contributed by atoms with Crippen LogP contribution in [0, 0.1) is 0 Å². The lowest BCUT2D eigenvalue weighted by Crippen LogP contribution is -2.33. The Morgan fingerprint density at radius 3 is 2.72 bits per heavy atom. The van der Waals surface area contributed by atoms with Gasteiger partial charge in [0.1, 0.15) is 17.4 Å². The number of unbranched alkanes of at least 4 members (excludes halogenated alkanes) is 1. The number of fused-ring (bicyclic) bond motifs is 1. The smallest absolute Gasteiger partial charge is 0.240 e. The minimum absolute atomic E-state index is 0.331. The molecule has 6 nitrogen and oxygen atoms in total. The molecule has 1 unspecified atom stereocenters. The van der Waals surface area contributed by atoms with E-state index in [9.17, 15) is 13.2 Å². The molecule has 1 N–H and O–H groups in total. The van der Waals surface area contributed by atoms with E-state index in [1.807, 2.05) is 49.4 Å². The van der Waals surface area contributed by atoms with Gasteiger partial charge >= 0.3 is 0 Å². The molecule has 3 rings (SSSR count). The first kappa shape index (κ1) is 21.3. The van der Waals surface area contributed by atoms with Crippen LogP contribution in [0.5, 0.6) is 5.75 Å². The number of para-hydroxylation sites is 1. The van der Waals surface area contributed by atoms with E-state index in [0.717, 1.165) is 39.9 Å². The third-order valence-corrected chi connectivity index (χ3v) is 5.99. The van der Waals surface area contributed by atoms with E-state index in [1.165, 1.54) is 0 Å². The number of hydrogen-bond donors (Lipinski definition) is 1. The number of nitrogens with zero attached hydrogens (tertiary/aromatic N) is 1. The van der Waals surface area contributed by atoms with E-state index < -0.39 is 21.8 Å². The van der Waals surface area contributed by atoms with Crippen LogP contribution in [-0.4, -0.2) is 25.6 Å². The molecule has 0 radical (unpaired) electrons. The maximum absolute atomic E-state index is 12.5. The Hall–Kier alpha value is -2.45. The molecule has 8 heteroatoms. The van der Waals surface area contributed by atoms with Crippen molar-refractivity contribution in [3.8, 4) is 5.75 Å². The molecule has 0 saturated carbocycles. The van der Waals surface area contributed by atoms with Gasteiger partial charge in [0.15, 0.2) is 0 Å². The van der Waals surface area contributed by atoms with Crippen molar-refractivity contribution in [3.63, 3.8) is 0 Å². The van der Waals surface area contributed by atoms with E-state index in [1.54, 1.807) is 17.4 Å². The number of benzene rings is 2. The van der Waals surface area contributed by atoms with Crippen LogP contribution in [0.4, 0.5) is 0 Å². The summed E-state index contributed by atoms with van der Waals surface area (Å²) in [6.45, 7) is 2.36. The van der Waals surface area contributed by atoms with Gasteiger partial charge in [0.05, 0.1) is 22.4 Å². The molecule has 1 atom stereocenters. The predicted molar refractivity (Wildman–Crippen MR) is 116 cm³/mol. The molecule has 0 aliphatic rings. The van der Waals surface area contributed by atoms with Gasteiger partial charge in [0, 0.05) is 0 Å².